The molecule has 0 radical (unpaired) electrons. The highest BCUT2D eigenvalue weighted by Gasteiger charge is 2.17. The summed E-state index contributed by atoms with van der Waals surface area (Å²) < 4.78 is 5.86. The molecule has 1 saturated carbocycles. The van der Waals surface area contributed by atoms with Crippen LogP contribution in [0.3, 0.4) is 0 Å². The maximum atomic E-state index is 5.86. The Labute approximate surface area is 74.1 Å². The van der Waals surface area contributed by atoms with Crippen LogP contribution >= 0.6 is 0 Å². The molecule has 0 amide bonds. The molecule has 2 aliphatic rings. The Kier molecular flexibility index (Phi) is 2.50. The Morgan fingerprint density at radius 3 is 2.75 bits per heavy atom. The Hall–Kier alpha value is -0.720. The van der Waals surface area contributed by atoms with Gasteiger partial charge in [-0.05, 0) is 38.2 Å². The van der Waals surface area contributed by atoms with Gasteiger partial charge < -0.3 is 4.74 Å². The van der Waals surface area contributed by atoms with Gasteiger partial charge >= 0.3 is 0 Å². The van der Waals surface area contributed by atoms with E-state index in [9.17, 15) is 0 Å². The van der Waals surface area contributed by atoms with Crippen LogP contribution in [0.4, 0.5) is 0 Å². The van der Waals surface area contributed by atoms with E-state index in [2.05, 4.69) is 18.2 Å². The first-order chi connectivity index (χ1) is 5.95. The van der Waals surface area contributed by atoms with E-state index in [0.29, 0.717) is 6.10 Å². The Bertz CT molecular complexity index is 197. The lowest BCUT2D eigenvalue weighted by molar-refractivity contribution is 0.115. The lowest BCUT2D eigenvalue weighted by atomic mass is 10.1. The van der Waals surface area contributed by atoms with Crippen molar-refractivity contribution in [2.75, 3.05) is 0 Å². The molecule has 0 heterocycles. The summed E-state index contributed by atoms with van der Waals surface area (Å²) in [6.07, 6.45) is 14.4. The van der Waals surface area contributed by atoms with Crippen LogP contribution in [-0.4, -0.2) is 6.10 Å². The summed E-state index contributed by atoms with van der Waals surface area (Å²) in [4.78, 5) is 0. The molecule has 0 aromatic heterocycles. The van der Waals surface area contributed by atoms with Gasteiger partial charge in [-0.2, -0.15) is 0 Å². The van der Waals surface area contributed by atoms with Gasteiger partial charge in [0.2, 0.25) is 0 Å². The number of hydrogen-bond donors (Lipinski definition) is 0. The summed E-state index contributed by atoms with van der Waals surface area (Å²) >= 11 is 0. The maximum absolute atomic E-state index is 5.86. The molecule has 0 saturated heterocycles. The average molecular weight is 164 g/mol. The van der Waals surface area contributed by atoms with E-state index in [1.807, 2.05) is 0 Å². The number of ether oxygens (including phenoxy) is 1. The fourth-order valence-electron chi connectivity index (χ4n) is 1.90. The quantitative estimate of drug-likeness (QED) is 0.609. The molecule has 2 rings (SSSR count). The molecule has 2 aliphatic carbocycles. The minimum atomic E-state index is 0.530. The predicted octanol–water partition coefficient (Wildman–Crippen LogP) is 3.18. The summed E-state index contributed by atoms with van der Waals surface area (Å²) in [5.41, 5.74) is 0. The van der Waals surface area contributed by atoms with Crippen molar-refractivity contribution in [1.82, 2.24) is 0 Å². The van der Waals surface area contributed by atoms with Crippen LogP contribution in [0, 0.1) is 0 Å². The molecule has 0 aliphatic heterocycles. The monoisotopic (exact) mass is 164 g/mol. The molecule has 1 fully saturated rings. The molecule has 66 valence electrons. The molecule has 0 spiro atoms. The van der Waals surface area contributed by atoms with Crippen molar-refractivity contribution < 1.29 is 4.74 Å². The fraction of sp³-hybridized carbons (Fsp3) is 0.636. The SMILES string of the molecule is C1=CCCC(OC2CCCC2)=C1. The van der Waals surface area contributed by atoms with Gasteiger partial charge in [-0.1, -0.05) is 12.2 Å². The summed E-state index contributed by atoms with van der Waals surface area (Å²) in [5, 5.41) is 0. The van der Waals surface area contributed by atoms with E-state index in [4.69, 9.17) is 4.74 Å². The van der Waals surface area contributed by atoms with Crippen LogP contribution in [0.5, 0.6) is 0 Å². The van der Waals surface area contributed by atoms with E-state index in [-0.39, 0.29) is 0 Å². The van der Waals surface area contributed by atoms with E-state index >= 15 is 0 Å². The van der Waals surface area contributed by atoms with Crippen LogP contribution in [0.15, 0.2) is 24.0 Å². The zero-order valence-electron chi connectivity index (χ0n) is 7.46. The third kappa shape index (κ3) is 1.90. The van der Waals surface area contributed by atoms with Crippen LogP contribution in [0.1, 0.15) is 38.5 Å². The third-order valence-corrected chi connectivity index (χ3v) is 2.60. The van der Waals surface area contributed by atoms with Gasteiger partial charge in [0.1, 0.15) is 0 Å². The van der Waals surface area contributed by atoms with Gasteiger partial charge in [-0.3, -0.25) is 0 Å². The van der Waals surface area contributed by atoms with Gasteiger partial charge in [0.25, 0.3) is 0 Å². The predicted molar refractivity (Wildman–Crippen MR) is 49.8 cm³/mol. The molecule has 1 nitrogen and oxygen atoms in total. The second-order valence-corrected chi connectivity index (χ2v) is 3.62. The zero-order chi connectivity index (χ0) is 8.23. The van der Waals surface area contributed by atoms with Crippen molar-refractivity contribution in [2.24, 2.45) is 0 Å². The summed E-state index contributed by atoms with van der Waals surface area (Å²) in [6.45, 7) is 0. The van der Waals surface area contributed by atoms with Crippen molar-refractivity contribution in [2.45, 2.75) is 44.6 Å². The van der Waals surface area contributed by atoms with Crippen molar-refractivity contribution in [1.29, 1.82) is 0 Å². The molecular formula is C11H16O. The normalized spacial score (nSPS) is 24.2. The van der Waals surface area contributed by atoms with Gasteiger partial charge in [0, 0.05) is 6.42 Å². The second-order valence-electron chi connectivity index (χ2n) is 3.62. The first-order valence-corrected chi connectivity index (χ1v) is 4.97. The first-order valence-electron chi connectivity index (χ1n) is 4.97. The standard InChI is InChI=1S/C11H16O/c1-2-6-10(7-3-1)12-11-8-4-5-9-11/h1-2,6,11H,3-5,7-9H2. The van der Waals surface area contributed by atoms with E-state index < -0.39 is 0 Å². The van der Waals surface area contributed by atoms with Crippen LogP contribution in [-0.2, 0) is 4.74 Å². The molecular weight excluding hydrogens is 148 g/mol. The Balaban J connectivity index is 1.84. The summed E-state index contributed by atoms with van der Waals surface area (Å²) in [7, 11) is 0. The smallest absolute Gasteiger partial charge is 0.0982 e. The average Bonchev–Trinajstić information content (AvgIpc) is 2.59. The molecule has 12 heavy (non-hydrogen) atoms. The molecule has 0 aromatic rings. The highest BCUT2D eigenvalue weighted by atomic mass is 16.5. The molecule has 0 aromatic carbocycles. The minimum absolute atomic E-state index is 0.530. The van der Waals surface area contributed by atoms with Gasteiger partial charge in [0.05, 0.1) is 11.9 Å². The van der Waals surface area contributed by atoms with Crippen molar-refractivity contribution in [3.8, 4) is 0 Å². The summed E-state index contributed by atoms with van der Waals surface area (Å²) in [5.74, 6) is 1.20. The van der Waals surface area contributed by atoms with E-state index in [1.54, 1.807) is 0 Å². The van der Waals surface area contributed by atoms with Gasteiger partial charge in [-0.25, -0.2) is 0 Å². The first kappa shape index (κ1) is 7.90. The van der Waals surface area contributed by atoms with E-state index in [1.165, 1.54) is 31.4 Å². The van der Waals surface area contributed by atoms with Crippen LogP contribution in [0.25, 0.3) is 0 Å². The van der Waals surface area contributed by atoms with Crippen molar-refractivity contribution >= 4 is 0 Å². The van der Waals surface area contributed by atoms with Gasteiger partial charge in [0.15, 0.2) is 0 Å². The number of allylic oxidation sites excluding steroid dienone is 4. The molecule has 0 bridgehead atoms. The second kappa shape index (κ2) is 3.79. The largest absolute Gasteiger partial charge is 0.495 e. The molecule has 0 unspecified atom stereocenters. The molecule has 0 N–H and O–H groups in total. The lowest BCUT2D eigenvalue weighted by Crippen LogP contribution is -2.07. The maximum Gasteiger partial charge on any atom is 0.0982 e. The number of rotatable bonds is 2. The highest BCUT2D eigenvalue weighted by Crippen LogP contribution is 2.25. The minimum Gasteiger partial charge on any atom is -0.495 e. The van der Waals surface area contributed by atoms with Crippen molar-refractivity contribution in [3.63, 3.8) is 0 Å². The Morgan fingerprint density at radius 1 is 1.25 bits per heavy atom. The Morgan fingerprint density at radius 2 is 2.08 bits per heavy atom. The van der Waals surface area contributed by atoms with E-state index in [0.717, 1.165) is 12.8 Å². The lowest BCUT2D eigenvalue weighted by Gasteiger charge is -2.16. The zero-order valence-corrected chi connectivity index (χ0v) is 7.46. The number of hydrogen-bond acceptors (Lipinski definition) is 1. The fourth-order valence-corrected chi connectivity index (χ4v) is 1.90. The highest BCUT2D eigenvalue weighted by molar-refractivity contribution is 5.13. The van der Waals surface area contributed by atoms with Crippen LogP contribution < -0.4 is 0 Å². The topological polar surface area (TPSA) is 9.23 Å². The van der Waals surface area contributed by atoms with Gasteiger partial charge in [-0.15, -0.1) is 0 Å². The van der Waals surface area contributed by atoms with Crippen LogP contribution in [0.2, 0.25) is 0 Å². The third-order valence-electron chi connectivity index (χ3n) is 2.60. The summed E-state index contributed by atoms with van der Waals surface area (Å²) in [6, 6.07) is 0. The molecule has 1 heteroatoms. The molecule has 0 atom stereocenters. The van der Waals surface area contributed by atoms with Crippen molar-refractivity contribution in [3.05, 3.63) is 24.0 Å².